The fourth-order valence-corrected chi connectivity index (χ4v) is 0.316. The molecule has 0 unspecified atom stereocenters. The van der Waals surface area contributed by atoms with Crippen LogP contribution in [0, 0.1) is 0 Å². The molecule has 0 radical (unpaired) electrons. The number of halogens is 2. The van der Waals surface area contributed by atoms with Gasteiger partial charge in [0, 0.05) is 21.1 Å². The molecule has 0 aromatic heterocycles. The SMILES string of the molecule is C=C[B-](Br)(Br)[N+](C)(C)C. The van der Waals surface area contributed by atoms with E-state index < -0.39 is 3.93 Å². The summed E-state index contributed by atoms with van der Waals surface area (Å²) in [6.07, 6.45) is 0. The predicted molar refractivity (Wildman–Crippen MR) is 51.8 cm³/mol. The summed E-state index contributed by atoms with van der Waals surface area (Å²) < 4.78 is 0.0174. The molecule has 9 heavy (non-hydrogen) atoms. The molecule has 0 fully saturated rings. The first-order chi connectivity index (χ1) is 3.81. The van der Waals surface area contributed by atoms with E-state index >= 15 is 0 Å². The Morgan fingerprint density at radius 1 is 1.33 bits per heavy atom. The molecular formula is C5H12BBr2N. The lowest BCUT2D eigenvalue weighted by Gasteiger charge is -2.44. The maximum Gasteiger partial charge on any atom is 0.350 e. The largest absolute Gasteiger partial charge is 0.500 e. The minimum absolute atomic E-state index is 0.806. The summed E-state index contributed by atoms with van der Waals surface area (Å²) in [5.41, 5.74) is 0. The molecule has 0 spiro atoms. The molecule has 0 N–H and O–H groups in total. The van der Waals surface area contributed by atoms with Crippen LogP contribution >= 0.6 is 31.5 Å². The lowest BCUT2D eigenvalue weighted by Crippen LogP contribution is -2.51. The molecule has 0 amide bonds. The maximum absolute atomic E-state index is 3.72. The Morgan fingerprint density at radius 3 is 1.67 bits per heavy atom. The van der Waals surface area contributed by atoms with E-state index in [2.05, 4.69) is 59.2 Å². The molecule has 0 atom stereocenters. The van der Waals surface area contributed by atoms with Gasteiger partial charge < -0.3 is 4.39 Å². The molecule has 1 nitrogen and oxygen atoms in total. The molecule has 0 saturated carbocycles. The van der Waals surface area contributed by atoms with Crippen molar-refractivity contribution in [3.05, 3.63) is 12.6 Å². The Morgan fingerprint density at radius 2 is 1.67 bits per heavy atom. The summed E-state index contributed by atoms with van der Waals surface area (Å²) in [6, 6.07) is 0. The third-order valence-electron chi connectivity index (χ3n) is 1.32. The van der Waals surface area contributed by atoms with Crippen LogP contribution in [-0.4, -0.2) is 29.5 Å². The highest BCUT2D eigenvalue weighted by molar-refractivity contribution is 9.51. The Balaban J connectivity index is 4.32. The van der Waals surface area contributed by atoms with Crippen molar-refractivity contribution >= 4 is 35.4 Å². The van der Waals surface area contributed by atoms with Gasteiger partial charge in [0.25, 0.3) is 0 Å². The monoisotopic (exact) mass is 255 g/mol. The van der Waals surface area contributed by atoms with E-state index in [1.165, 1.54) is 0 Å². The van der Waals surface area contributed by atoms with Crippen LogP contribution < -0.4 is 0 Å². The van der Waals surface area contributed by atoms with Gasteiger partial charge in [-0.05, 0) is 0 Å². The van der Waals surface area contributed by atoms with Gasteiger partial charge in [0.1, 0.15) is 0 Å². The first-order valence-electron chi connectivity index (χ1n) is 2.78. The van der Waals surface area contributed by atoms with Gasteiger partial charge in [0.15, 0.2) is 0 Å². The van der Waals surface area contributed by atoms with E-state index in [9.17, 15) is 0 Å². The zero-order valence-electron chi connectivity index (χ0n) is 6.06. The van der Waals surface area contributed by atoms with Gasteiger partial charge in [-0.15, -0.1) is 6.58 Å². The number of quaternary nitrogens is 1. The molecule has 0 aromatic carbocycles. The molecular weight excluding hydrogens is 245 g/mol. The number of hydrogen-bond acceptors (Lipinski definition) is 0. The van der Waals surface area contributed by atoms with Crippen LogP contribution in [0.15, 0.2) is 12.6 Å². The number of nitrogens with zero attached hydrogens (tertiary/aromatic N) is 1. The fourth-order valence-electron chi connectivity index (χ4n) is 0.316. The normalized spacial score (nSPS) is 13.4. The van der Waals surface area contributed by atoms with Crippen LogP contribution in [0.25, 0.3) is 0 Å². The Bertz CT molecular complexity index is 117. The van der Waals surface area contributed by atoms with Gasteiger partial charge in [0.05, 0.1) is 0 Å². The van der Waals surface area contributed by atoms with E-state index in [1.54, 1.807) is 0 Å². The molecule has 54 valence electrons. The fraction of sp³-hybridized carbons (Fsp3) is 0.600. The van der Waals surface area contributed by atoms with Crippen molar-refractivity contribution in [3.63, 3.8) is 0 Å². The van der Waals surface area contributed by atoms with Gasteiger partial charge in [-0.2, -0.15) is 5.98 Å². The minimum atomic E-state index is -0.806. The van der Waals surface area contributed by atoms with Gasteiger partial charge in [-0.3, -0.25) is 31.5 Å². The van der Waals surface area contributed by atoms with Gasteiger partial charge in [0.2, 0.25) is 0 Å². The van der Waals surface area contributed by atoms with Crippen molar-refractivity contribution in [1.82, 2.24) is 0 Å². The van der Waals surface area contributed by atoms with Crippen molar-refractivity contribution in [2.24, 2.45) is 0 Å². The molecule has 0 saturated heterocycles. The second-order valence-corrected chi connectivity index (χ2v) is 7.05. The summed E-state index contributed by atoms with van der Waals surface area (Å²) >= 11 is 7.07. The molecule has 0 bridgehead atoms. The van der Waals surface area contributed by atoms with Crippen LogP contribution in [-0.2, 0) is 0 Å². The summed E-state index contributed by atoms with van der Waals surface area (Å²) in [6.45, 7) is 3.72. The molecule has 0 rings (SSSR count). The Kier molecular flexibility index (Phi) is 2.99. The highest BCUT2D eigenvalue weighted by atomic mass is 79.9. The summed E-state index contributed by atoms with van der Waals surface area (Å²) in [4.78, 5) is 0. The lowest BCUT2D eigenvalue weighted by atomic mass is 9.89. The van der Waals surface area contributed by atoms with E-state index in [1.807, 2.05) is 5.98 Å². The third kappa shape index (κ3) is 2.44. The topological polar surface area (TPSA) is 0 Å². The smallest absolute Gasteiger partial charge is 0.350 e. The Hall–Kier alpha value is 0.725. The maximum atomic E-state index is 3.72. The number of hydrogen-bond donors (Lipinski definition) is 0. The zero-order valence-corrected chi connectivity index (χ0v) is 9.24. The second kappa shape index (κ2) is 2.76. The molecule has 4 heteroatoms. The molecule has 0 aliphatic carbocycles. The molecule has 0 heterocycles. The van der Waals surface area contributed by atoms with Crippen molar-refractivity contribution < 1.29 is 4.39 Å². The Labute approximate surface area is 73.6 Å². The van der Waals surface area contributed by atoms with E-state index in [-0.39, 0.29) is 0 Å². The van der Waals surface area contributed by atoms with Crippen LogP contribution in [0.1, 0.15) is 0 Å². The van der Waals surface area contributed by atoms with Gasteiger partial charge >= 0.3 is 3.93 Å². The molecule has 0 aliphatic rings. The predicted octanol–water partition coefficient (Wildman–Crippen LogP) is 2.15. The average molecular weight is 257 g/mol. The van der Waals surface area contributed by atoms with Crippen molar-refractivity contribution in [1.29, 1.82) is 0 Å². The van der Waals surface area contributed by atoms with Gasteiger partial charge in [-0.25, -0.2) is 0 Å². The van der Waals surface area contributed by atoms with Crippen LogP contribution in [0.5, 0.6) is 0 Å². The minimum Gasteiger partial charge on any atom is -0.500 e. The van der Waals surface area contributed by atoms with Crippen LogP contribution in [0.3, 0.4) is 0 Å². The van der Waals surface area contributed by atoms with E-state index in [0.29, 0.717) is 0 Å². The summed E-state index contributed by atoms with van der Waals surface area (Å²) in [5.74, 6) is 1.89. The zero-order chi connectivity index (χ0) is 7.71. The van der Waals surface area contributed by atoms with Crippen LogP contribution in [0.4, 0.5) is 0 Å². The summed E-state index contributed by atoms with van der Waals surface area (Å²) in [5, 5.41) is 0. The second-order valence-electron chi connectivity index (χ2n) is 3.03. The van der Waals surface area contributed by atoms with Gasteiger partial charge in [-0.1, -0.05) is 0 Å². The van der Waals surface area contributed by atoms with Crippen molar-refractivity contribution in [2.75, 3.05) is 21.1 Å². The quantitative estimate of drug-likeness (QED) is 0.664. The first kappa shape index (κ1) is 9.72. The van der Waals surface area contributed by atoms with E-state index in [0.717, 1.165) is 4.39 Å². The highest BCUT2D eigenvalue weighted by Gasteiger charge is 2.28. The molecule has 0 aromatic rings. The molecule has 0 aliphatic heterocycles. The third-order valence-corrected chi connectivity index (χ3v) is 4.52. The summed E-state index contributed by atoms with van der Waals surface area (Å²) in [7, 11) is 6.31. The van der Waals surface area contributed by atoms with Crippen LogP contribution in [0.2, 0.25) is 0 Å². The average Bonchev–Trinajstić information content (AvgIpc) is 1.64. The number of rotatable bonds is 2. The highest BCUT2D eigenvalue weighted by Crippen LogP contribution is 2.27. The lowest BCUT2D eigenvalue weighted by molar-refractivity contribution is -0.758. The van der Waals surface area contributed by atoms with Crippen molar-refractivity contribution in [2.45, 2.75) is 0 Å². The standard InChI is InChI=1S/C5H12BBr2N/c1-5-6(7,8)9(2,3)4/h5H,1H2,2-4H3. The van der Waals surface area contributed by atoms with Crippen molar-refractivity contribution in [3.8, 4) is 0 Å². The first-order valence-corrected chi connectivity index (χ1v) is 4.61. The van der Waals surface area contributed by atoms with E-state index in [4.69, 9.17) is 0 Å².